The van der Waals surface area contributed by atoms with E-state index in [9.17, 15) is 35.5 Å². The molecule has 1 aliphatic carbocycles. The van der Waals surface area contributed by atoms with Crippen molar-refractivity contribution < 1.29 is 40.3 Å². The molecule has 0 unspecified atom stereocenters. The number of nitrogens with one attached hydrogen (secondary N) is 2. The van der Waals surface area contributed by atoms with Crippen LogP contribution in [0, 0.1) is 28.7 Å². The Hall–Kier alpha value is -3.57. The van der Waals surface area contributed by atoms with Crippen molar-refractivity contribution in [1.29, 1.82) is 5.41 Å². The summed E-state index contributed by atoms with van der Waals surface area (Å²) in [5.74, 6) is -10.2. The molecule has 0 bridgehead atoms. The maximum Gasteiger partial charge on any atom is 0.573 e. The van der Waals surface area contributed by atoms with Gasteiger partial charge in [0.2, 0.25) is 0 Å². The predicted octanol–water partition coefficient (Wildman–Crippen LogP) is 5.16. The lowest BCUT2D eigenvalue weighted by Gasteiger charge is -2.15. The van der Waals surface area contributed by atoms with Gasteiger partial charge < -0.3 is 15.8 Å². The molecule has 12 heteroatoms. The number of alkyl halides is 3. The van der Waals surface area contributed by atoms with Crippen molar-refractivity contribution in [2.24, 2.45) is 5.73 Å². The predicted molar refractivity (Wildman–Crippen MR) is 99.8 cm³/mol. The van der Waals surface area contributed by atoms with E-state index in [1.54, 1.807) is 5.32 Å². The maximum atomic E-state index is 14.6. The summed E-state index contributed by atoms with van der Waals surface area (Å²) in [6.07, 6.45) is -4.24. The van der Waals surface area contributed by atoms with Crippen LogP contribution in [0.2, 0.25) is 0 Å². The van der Waals surface area contributed by atoms with Crippen LogP contribution in [-0.4, -0.2) is 18.1 Å². The zero-order valence-electron chi connectivity index (χ0n) is 16.0. The van der Waals surface area contributed by atoms with Crippen LogP contribution in [0.25, 0.3) is 11.1 Å². The zero-order chi connectivity index (χ0) is 23.8. The molecule has 0 aliphatic heterocycles. The molecule has 32 heavy (non-hydrogen) atoms. The van der Waals surface area contributed by atoms with Crippen LogP contribution in [0.3, 0.4) is 0 Å². The van der Waals surface area contributed by atoms with Crippen molar-refractivity contribution in [2.75, 3.05) is 5.32 Å². The number of anilines is 1. The number of hydrogen-bond donors (Lipinski definition) is 3. The van der Waals surface area contributed by atoms with Crippen LogP contribution in [0.1, 0.15) is 19.3 Å². The topological polar surface area (TPSA) is 88.2 Å². The summed E-state index contributed by atoms with van der Waals surface area (Å²) in [5.41, 5.74) is 2.14. The summed E-state index contributed by atoms with van der Waals surface area (Å²) in [6, 6.07) is 3.24. The molecule has 0 spiro atoms. The average Bonchev–Trinajstić information content (AvgIpc) is 3.19. The molecule has 0 heterocycles. The number of halogens is 7. The third-order valence-corrected chi connectivity index (χ3v) is 4.68. The smallest absolute Gasteiger partial charge is 0.406 e. The molecule has 0 saturated carbocycles. The molecule has 1 amide bonds. The Labute approximate surface area is 176 Å². The van der Waals surface area contributed by atoms with E-state index in [2.05, 4.69) is 4.74 Å². The van der Waals surface area contributed by atoms with Crippen LogP contribution in [0.4, 0.5) is 36.4 Å². The molecule has 0 saturated heterocycles. The standard InChI is InChI=1S/C20H14F7N3O2/c21-13-12(8-3-1-4-9(7-8)32-20(25,26)27)14(22)16(24)17(15(13)23)30-19(31)11-6-2-5-10(11)18(28)29/h1,3-4,7H,2,5-6H2,(H3,28,29)(H,30,31). The van der Waals surface area contributed by atoms with Gasteiger partial charge in [-0.3, -0.25) is 10.2 Å². The minimum Gasteiger partial charge on any atom is -0.406 e. The van der Waals surface area contributed by atoms with Crippen molar-refractivity contribution in [2.45, 2.75) is 25.6 Å². The van der Waals surface area contributed by atoms with Crippen molar-refractivity contribution in [1.82, 2.24) is 0 Å². The van der Waals surface area contributed by atoms with Gasteiger partial charge in [0.05, 0.1) is 5.56 Å². The average molecular weight is 461 g/mol. The van der Waals surface area contributed by atoms with Gasteiger partial charge in [-0.2, -0.15) is 0 Å². The van der Waals surface area contributed by atoms with Crippen molar-refractivity contribution >= 4 is 17.4 Å². The molecular weight excluding hydrogens is 447 g/mol. The van der Waals surface area contributed by atoms with Crippen molar-refractivity contribution in [3.8, 4) is 16.9 Å². The summed E-state index contributed by atoms with van der Waals surface area (Å²) >= 11 is 0. The maximum absolute atomic E-state index is 14.6. The first-order valence-electron chi connectivity index (χ1n) is 9.00. The fraction of sp³-hybridized carbons (Fsp3) is 0.200. The monoisotopic (exact) mass is 461 g/mol. The molecule has 0 fully saturated rings. The Kier molecular flexibility index (Phi) is 6.15. The number of amides is 1. The van der Waals surface area contributed by atoms with Crippen LogP contribution < -0.4 is 15.8 Å². The second-order valence-corrected chi connectivity index (χ2v) is 6.76. The van der Waals surface area contributed by atoms with Gasteiger partial charge in [-0.05, 0) is 37.0 Å². The second-order valence-electron chi connectivity index (χ2n) is 6.76. The number of nitrogens with two attached hydrogens (primary N) is 1. The number of carbonyl (C=O) groups is 1. The fourth-order valence-corrected chi connectivity index (χ4v) is 3.32. The molecule has 3 rings (SSSR count). The zero-order valence-corrected chi connectivity index (χ0v) is 16.0. The summed E-state index contributed by atoms with van der Waals surface area (Å²) in [6.45, 7) is 0. The van der Waals surface area contributed by atoms with Gasteiger partial charge in [0, 0.05) is 11.1 Å². The Morgan fingerprint density at radius 3 is 2.16 bits per heavy atom. The highest BCUT2D eigenvalue weighted by atomic mass is 19.4. The molecule has 0 aromatic heterocycles. The van der Waals surface area contributed by atoms with Gasteiger partial charge >= 0.3 is 6.36 Å². The molecule has 4 N–H and O–H groups in total. The molecule has 1 aliphatic rings. The first-order chi connectivity index (χ1) is 14.9. The van der Waals surface area contributed by atoms with E-state index in [1.807, 2.05) is 0 Å². The second kappa shape index (κ2) is 8.52. The number of rotatable bonds is 5. The van der Waals surface area contributed by atoms with Crippen LogP contribution in [0.5, 0.6) is 5.75 Å². The molecule has 0 radical (unpaired) electrons. The minimum atomic E-state index is -5.10. The molecule has 0 atom stereocenters. The van der Waals surface area contributed by atoms with Gasteiger partial charge in [-0.15, -0.1) is 13.2 Å². The first kappa shape index (κ1) is 23.1. The third kappa shape index (κ3) is 4.53. The van der Waals surface area contributed by atoms with Gasteiger partial charge in [-0.25, -0.2) is 17.6 Å². The molecule has 2 aromatic rings. The molecular formula is C20H14F7N3O2. The molecule has 5 nitrogen and oxygen atoms in total. The van der Waals surface area contributed by atoms with Crippen molar-refractivity contribution in [3.05, 3.63) is 58.7 Å². The van der Waals surface area contributed by atoms with E-state index >= 15 is 0 Å². The normalized spacial score (nSPS) is 14.0. The summed E-state index contributed by atoms with van der Waals surface area (Å²) in [5, 5.41) is 9.19. The van der Waals surface area contributed by atoms with E-state index < -0.39 is 63.9 Å². The highest BCUT2D eigenvalue weighted by Gasteiger charge is 2.32. The largest absolute Gasteiger partial charge is 0.573 e. The summed E-state index contributed by atoms with van der Waals surface area (Å²) in [4.78, 5) is 12.4. The number of ether oxygens (including phenoxy) is 1. The quantitative estimate of drug-likeness (QED) is 0.249. The number of benzene rings is 2. The SMILES string of the molecule is N=C(N)C1=C(C(=O)Nc2c(F)c(F)c(-c3cccc(OC(F)(F)F)c3)c(F)c2F)CCC1. The Bertz CT molecular complexity index is 1110. The summed E-state index contributed by atoms with van der Waals surface area (Å²) in [7, 11) is 0. The number of hydrogen-bond acceptors (Lipinski definition) is 3. The number of amidine groups is 1. The van der Waals surface area contributed by atoms with E-state index in [4.69, 9.17) is 11.1 Å². The highest BCUT2D eigenvalue weighted by molar-refractivity contribution is 6.11. The van der Waals surface area contributed by atoms with E-state index in [0.717, 1.165) is 18.2 Å². The lowest BCUT2D eigenvalue weighted by atomic mass is 10.0. The van der Waals surface area contributed by atoms with Crippen LogP contribution in [0.15, 0.2) is 35.4 Å². The highest BCUT2D eigenvalue weighted by Crippen LogP contribution is 2.37. The van der Waals surface area contributed by atoms with Crippen LogP contribution in [-0.2, 0) is 4.79 Å². The molecule has 2 aromatic carbocycles. The number of carbonyl (C=O) groups excluding carboxylic acids is 1. The Balaban J connectivity index is 2.03. The third-order valence-electron chi connectivity index (χ3n) is 4.68. The Morgan fingerprint density at radius 2 is 1.59 bits per heavy atom. The summed E-state index contributed by atoms with van der Waals surface area (Å²) < 4.78 is 99.2. The first-order valence-corrected chi connectivity index (χ1v) is 9.00. The Morgan fingerprint density at radius 1 is 1.00 bits per heavy atom. The van der Waals surface area contributed by atoms with Gasteiger partial charge in [-0.1, -0.05) is 12.1 Å². The lowest BCUT2D eigenvalue weighted by Crippen LogP contribution is -2.21. The van der Waals surface area contributed by atoms with Crippen LogP contribution >= 0.6 is 0 Å². The fourth-order valence-electron chi connectivity index (χ4n) is 3.32. The van der Waals surface area contributed by atoms with Gasteiger partial charge in [0.25, 0.3) is 5.91 Å². The van der Waals surface area contributed by atoms with E-state index in [1.165, 1.54) is 0 Å². The van der Waals surface area contributed by atoms with Gasteiger partial charge in [0.1, 0.15) is 17.3 Å². The van der Waals surface area contributed by atoms with E-state index in [-0.39, 0.29) is 24.0 Å². The van der Waals surface area contributed by atoms with E-state index in [0.29, 0.717) is 12.5 Å². The minimum absolute atomic E-state index is 0.0433. The van der Waals surface area contributed by atoms with Crippen molar-refractivity contribution in [3.63, 3.8) is 0 Å². The van der Waals surface area contributed by atoms with Gasteiger partial charge in [0.15, 0.2) is 23.3 Å². The molecule has 170 valence electrons. The lowest BCUT2D eigenvalue weighted by molar-refractivity contribution is -0.274.